The van der Waals surface area contributed by atoms with Gasteiger partial charge in [0.1, 0.15) is 5.52 Å². The summed E-state index contributed by atoms with van der Waals surface area (Å²) >= 11 is 0. The third-order valence-electron chi connectivity index (χ3n) is 5.88. The highest BCUT2D eigenvalue weighted by Crippen LogP contribution is 2.30. The van der Waals surface area contributed by atoms with E-state index in [4.69, 9.17) is 0 Å². The number of aromatic amines is 1. The van der Waals surface area contributed by atoms with Crippen LogP contribution in [0.4, 0.5) is 0 Å². The van der Waals surface area contributed by atoms with Crippen LogP contribution in [-0.2, 0) is 20.0 Å². The van der Waals surface area contributed by atoms with Crippen LogP contribution in [-0.4, -0.2) is 23.9 Å². The van der Waals surface area contributed by atoms with Crippen LogP contribution in [0.15, 0.2) is 58.4 Å². The van der Waals surface area contributed by atoms with Crippen molar-refractivity contribution in [3.05, 3.63) is 75.2 Å². The molecule has 0 unspecified atom stereocenters. The first-order valence-corrected chi connectivity index (χ1v) is 10.0. The van der Waals surface area contributed by atoms with Gasteiger partial charge in [-0.3, -0.25) is 18.6 Å². The first-order valence-electron chi connectivity index (χ1n) is 10.0. The van der Waals surface area contributed by atoms with Gasteiger partial charge in [-0.1, -0.05) is 30.3 Å². The molecule has 1 saturated carbocycles. The van der Waals surface area contributed by atoms with E-state index in [0.29, 0.717) is 17.6 Å². The number of hydrogen-bond acceptors (Lipinski definition) is 3. The summed E-state index contributed by atoms with van der Waals surface area (Å²) < 4.78 is 4.93. The van der Waals surface area contributed by atoms with Gasteiger partial charge in [0.25, 0.3) is 5.56 Å². The van der Waals surface area contributed by atoms with Gasteiger partial charge < -0.3 is 4.98 Å². The molecule has 0 bridgehead atoms. The molecule has 7 heteroatoms. The third-order valence-corrected chi connectivity index (χ3v) is 5.88. The fourth-order valence-corrected chi connectivity index (χ4v) is 4.04. The molecule has 1 aromatic carbocycles. The predicted molar refractivity (Wildman–Crippen MR) is 112 cm³/mol. The Balaban J connectivity index is 1.67. The maximum Gasteiger partial charge on any atom is 0.331 e. The number of rotatable bonds is 5. The van der Waals surface area contributed by atoms with Gasteiger partial charge >= 0.3 is 5.69 Å². The van der Waals surface area contributed by atoms with Crippen molar-refractivity contribution in [1.29, 1.82) is 0 Å². The van der Waals surface area contributed by atoms with Crippen molar-refractivity contribution in [3.63, 3.8) is 0 Å². The van der Waals surface area contributed by atoms with E-state index in [1.54, 1.807) is 15.4 Å². The van der Waals surface area contributed by atoms with Crippen molar-refractivity contribution >= 4 is 11.0 Å². The van der Waals surface area contributed by atoms with E-state index >= 15 is 0 Å². The zero-order chi connectivity index (χ0) is 20.0. The number of aryl methyl sites for hydroxylation is 3. The standard InChI is InChI=1S/C22H23N5O2/c1-25-14-16(13-23-25)18-12-19-20(24-18)21(28)27(17-8-5-9-17)22(29)26(19)11-10-15-6-3-2-4-7-15/h2-4,6-7,12-14,17,24H,5,8-11H2,1H3. The summed E-state index contributed by atoms with van der Waals surface area (Å²) in [6.45, 7) is 0.524. The number of H-pyrrole nitrogens is 1. The minimum atomic E-state index is -0.221. The van der Waals surface area contributed by atoms with Crippen molar-refractivity contribution in [2.75, 3.05) is 0 Å². The van der Waals surface area contributed by atoms with Gasteiger partial charge in [-0.15, -0.1) is 0 Å². The summed E-state index contributed by atoms with van der Waals surface area (Å²) in [5.41, 5.74) is 3.57. The smallest absolute Gasteiger partial charge is 0.331 e. The Bertz CT molecular complexity index is 1290. The number of fused-ring (bicyclic) bond motifs is 1. The van der Waals surface area contributed by atoms with Crippen LogP contribution >= 0.6 is 0 Å². The molecule has 0 amide bonds. The van der Waals surface area contributed by atoms with Gasteiger partial charge in [-0.05, 0) is 37.3 Å². The Labute approximate surface area is 167 Å². The van der Waals surface area contributed by atoms with Gasteiger partial charge in [0.15, 0.2) is 0 Å². The number of hydrogen-bond donors (Lipinski definition) is 1. The van der Waals surface area contributed by atoms with Gasteiger partial charge in [-0.25, -0.2) is 4.79 Å². The molecule has 0 saturated heterocycles. The predicted octanol–water partition coefficient (Wildman–Crippen LogP) is 2.86. The Morgan fingerprint density at radius 1 is 1.17 bits per heavy atom. The van der Waals surface area contributed by atoms with E-state index in [9.17, 15) is 9.59 Å². The fourth-order valence-electron chi connectivity index (χ4n) is 4.04. The lowest BCUT2D eigenvalue weighted by atomic mass is 9.93. The largest absolute Gasteiger partial charge is 0.349 e. The average Bonchev–Trinajstić information content (AvgIpc) is 3.31. The van der Waals surface area contributed by atoms with E-state index in [2.05, 4.69) is 22.2 Å². The third kappa shape index (κ3) is 3.03. The number of nitrogens with zero attached hydrogens (tertiary/aromatic N) is 4. The summed E-state index contributed by atoms with van der Waals surface area (Å²) in [6, 6.07) is 12.0. The molecule has 0 radical (unpaired) electrons. The summed E-state index contributed by atoms with van der Waals surface area (Å²) in [5, 5.41) is 4.21. The number of benzene rings is 1. The zero-order valence-corrected chi connectivity index (χ0v) is 16.3. The molecule has 1 aliphatic carbocycles. The van der Waals surface area contributed by atoms with Crippen molar-refractivity contribution in [3.8, 4) is 11.3 Å². The second-order valence-corrected chi connectivity index (χ2v) is 7.78. The number of aromatic nitrogens is 5. The quantitative estimate of drug-likeness (QED) is 0.570. The lowest BCUT2D eigenvalue weighted by molar-refractivity contribution is 0.292. The molecule has 7 nitrogen and oxygen atoms in total. The van der Waals surface area contributed by atoms with Crippen molar-refractivity contribution in [2.45, 2.75) is 38.3 Å². The molecule has 3 heterocycles. The molecule has 1 N–H and O–H groups in total. The van der Waals surface area contributed by atoms with E-state index in [1.807, 2.05) is 37.5 Å². The van der Waals surface area contributed by atoms with Crippen LogP contribution in [0.1, 0.15) is 30.9 Å². The second kappa shape index (κ2) is 6.92. The molecule has 29 heavy (non-hydrogen) atoms. The molecule has 5 rings (SSSR count). The van der Waals surface area contributed by atoms with E-state index in [1.165, 1.54) is 4.57 Å². The van der Waals surface area contributed by atoms with Crippen LogP contribution < -0.4 is 11.2 Å². The first kappa shape index (κ1) is 17.7. The highest BCUT2D eigenvalue weighted by atomic mass is 16.2. The van der Waals surface area contributed by atoms with E-state index < -0.39 is 0 Å². The van der Waals surface area contributed by atoms with Crippen LogP contribution in [0, 0.1) is 0 Å². The van der Waals surface area contributed by atoms with Crippen LogP contribution in [0.5, 0.6) is 0 Å². The first-order chi connectivity index (χ1) is 14.1. The molecule has 4 aromatic rings. The normalized spacial score (nSPS) is 14.4. The Morgan fingerprint density at radius 2 is 1.97 bits per heavy atom. The molecule has 1 fully saturated rings. The minimum Gasteiger partial charge on any atom is -0.349 e. The molecular weight excluding hydrogens is 366 g/mol. The lowest BCUT2D eigenvalue weighted by Crippen LogP contribution is -2.44. The molecule has 148 valence electrons. The van der Waals surface area contributed by atoms with Crippen molar-refractivity contribution in [2.24, 2.45) is 7.05 Å². The van der Waals surface area contributed by atoms with Crippen molar-refractivity contribution in [1.82, 2.24) is 23.9 Å². The van der Waals surface area contributed by atoms with Crippen LogP contribution in [0.25, 0.3) is 22.3 Å². The van der Waals surface area contributed by atoms with Gasteiger partial charge in [-0.2, -0.15) is 5.10 Å². The topological polar surface area (TPSA) is 77.6 Å². The minimum absolute atomic E-state index is 0.00696. The molecule has 1 aliphatic rings. The summed E-state index contributed by atoms with van der Waals surface area (Å²) in [7, 11) is 1.85. The highest BCUT2D eigenvalue weighted by molar-refractivity contribution is 5.82. The SMILES string of the molecule is Cn1cc(-c2cc3c([nH]2)c(=O)n(C2CCC2)c(=O)n3CCc2ccccc2)cn1. The summed E-state index contributed by atoms with van der Waals surface area (Å²) in [6.07, 6.45) is 7.20. The Hall–Kier alpha value is -3.35. The molecule has 0 spiro atoms. The van der Waals surface area contributed by atoms with E-state index in [0.717, 1.165) is 42.5 Å². The zero-order valence-electron chi connectivity index (χ0n) is 16.3. The molecule has 3 aromatic heterocycles. The summed E-state index contributed by atoms with van der Waals surface area (Å²) in [4.78, 5) is 29.7. The monoisotopic (exact) mass is 389 g/mol. The van der Waals surface area contributed by atoms with Crippen LogP contribution in [0.3, 0.4) is 0 Å². The Kier molecular flexibility index (Phi) is 4.23. The van der Waals surface area contributed by atoms with Crippen molar-refractivity contribution < 1.29 is 0 Å². The summed E-state index contributed by atoms with van der Waals surface area (Å²) in [5.74, 6) is 0. The maximum absolute atomic E-state index is 13.3. The number of nitrogens with one attached hydrogen (secondary N) is 1. The lowest BCUT2D eigenvalue weighted by Gasteiger charge is -2.27. The van der Waals surface area contributed by atoms with Gasteiger partial charge in [0, 0.05) is 31.4 Å². The Morgan fingerprint density at radius 3 is 2.62 bits per heavy atom. The van der Waals surface area contributed by atoms with Gasteiger partial charge in [0.2, 0.25) is 0 Å². The average molecular weight is 389 g/mol. The second-order valence-electron chi connectivity index (χ2n) is 7.78. The molecule has 0 atom stereocenters. The van der Waals surface area contributed by atoms with E-state index in [-0.39, 0.29) is 17.3 Å². The van der Waals surface area contributed by atoms with Gasteiger partial charge in [0.05, 0.1) is 17.4 Å². The highest BCUT2D eigenvalue weighted by Gasteiger charge is 2.26. The maximum atomic E-state index is 13.3. The molecule has 0 aliphatic heterocycles. The fraction of sp³-hybridized carbons (Fsp3) is 0.318. The molecular formula is C22H23N5O2. The van der Waals surface area contributed by atoms with Crippen LogP contribution in [0.2, 0.25) is 0 Å².